The quantitative estimate of drug-likeness (QED) is 0.695. The van der Waals surface area contributed by atoms with E-state index >= 15 is 0 Å². The summed E-state index contributed by atoms with van der Waals surface area (Å²) in [5.74, 6) is -0.357. The first-order chi connectivity index (χ1) is 11.2. The van der Waals surface area contributed by atoms with Crippen molar-refractivity contribution in [1.29, 1.82) is 0 Å². The van der Waals surface area contributed by atoms with Crippen LogP contribution in [0.25, 0.3) is 0 Å². The van der Waals surface area contributed by atoms with Crippen molar-refractivity contribution in [2.45, 2.75) is 69.0 Å². The summed E-state index contributed by atoms with van der Waals surface area (Å²) in [5, 5.41) is 10.0. The van der Waals surface area contributed by atoms with Crippen molar-refractivity contribution >= 4 is 29.2 Å². The summed E-state index contributed by atoms with van der Waals surface area (Å²) >= 11 is 12.5. The van der Waals surface area contributed by atoms with Gasteiger partial charge < -0.3 is 5.11 Å². The number of aliphatic carboxylic acids is 1. The van der Waals surface area contributed by atoms with Crippen molar-refractivity contribution < 1.29 is 9.90 Å². The third kappa shape index (κ3) is 2.49. The van der Waals surface area contributed by atoms with Gasteiger partial charge in [-0.05, 0) is 59.6 Å². The lowest BCUT2D eigenvalue weighted by Gasteiger charge is -2.55. The third-order valence-electron chi connectivity index (χ3n) is 6.58. The Kier molecular flexibility index (Phi) is 4.68. The van der Waals surface area contributed by atoms with E-state index in [1.165, 1.54) is 16.7 Å². The van der Waals surface area contributed by atoms with Gasteiger partial charge in [0.1, 0.15) is 10.3 Å². The molecule has 2 aliphatic carbocycles. The Morgan fingerprint density at radius 3 is 2.58 bits per heavy atom. The minimum Gasteiger partial charge on any atom is -0.481 e. The molecule has 2 nitrogen and oxygen atoms in total. The van der Waals surface area contributed by atoms with Gasteiger partial charge in [0.2, 0.25) is 0 Å². The van der Waals surface area contributed by atoms with E-state index in [0.717, 1.165) is 25.7 Å². The Hall–Kier alpha value is -0.730. The summed E-state index contributed by atoms with van der Waals surface area (Å²) in [7, 11) is 0. The number of halogens is 2. The molecule has 0 unspecified atom stereocenters. The molecule has 0 heterocycles. The highest BCUT2D eigenvalue weighted by Gasteiger charge is 2.60. The van der Waals surface area contributed by atoms with Crippen LogP contribution in [0.15, 0.2) is 18.2 Å². The Balaban J connectivity index is 2.11. The molecule has 0 spiro atoms. The van der Waals surface area contributed by atoms with Crippen LogP contribution in [0.2, 0.25) is 0 Å². The molecule has 132 valence electrons. The monoisotopic (exact) mass is 368 g/mol. The molecular weight excluding hydrogens is 343 g/mol. The first-order valence-corrected chi connectivity index (χ1v) is 9.75. The molecule has 0 saturated heterocycles. The molecule has 0 aromatic heterocycles. The van der Waals surface area contributed by atoms with E-state index in [1.54, 1.807) is 0 Å². The predicted octanol–water partition coefficient (Wildman–Crippen LogP) is 5.69. The molecule has 1 fully saturated rings. The minimum absolute atomic E-state index is 0.0198. The Bertz CT molecular complexity index is 655. The van der Waals surface area contributed by atoms with Crippen molar-refractivity contribution in [2.24, 2.45) is 11.3 Å². The fourth-order valence-electron chi connectivity index (χ4n) is 5.21. The van der Waals surface area contributed by atoms with Gasteiger partial charge in [-0.25, -0.2) is 0 Å². The zero-order valence-corrected chi connectivity index (χ0v) is 16.1. The number of hydrogen-bond acceptors (Lipinski definition) is 1. The smallest absolute Gasteiger partial charge is 0.312 e. The summed E-state index contributed by atoms with van der Waals surface area (Å²) in [6, 6.07) is 6.75. The van der Waals surface area contributed by atoms with E-state index in [-0.39, 0.29) is 11.3 Å². The van der Waals surface area contributed by atoms with Gasteiger partial charge in [0, 0.05) is 0 Å². The van der Waals surface area contributed by atoms with E-state index in [1.807, 2.05) is 0 Å². The second kappa shape index (κ2) is 6.21. The van der Waals surface area contributed by atoms with E-state index in [2.05, 4.69) is 39.0 Å². The van der Waals surface area contributed by atoms with E-state index in [0.29, 0.717) is 12.3 Å². The van der Waals surface area contributed by atoms with Gasteiger partial charge in [0.05, 0.1) is 0 Å². The van der Waals surface area contributed by atoms with Crippen molar-refractivity contribution in [3.63, 3.8) is 0 Å². The van der Waals surface area contributed by atoms with Crippen molar-refractivity contribution in [3.05, 3.63) is 34.9 Å². The second-order valence-corrected chi connectivity index (χ2v) is 9.18. The fraction of sp³-hybridized carbons (Fsp3) is 0.650. The summed E-state index contributed by atoms with van der Waals surface area (Å²) in [5.41, 5.74) is 2.83. The number of aryl methyl sites for hydroxylation is 1. The number of hydrogen-bond donors (Lipinski definition) is 1. The van der Waals surface area contributed by atoms with Crippen molar-refractivity contribution in [3.8, 4) is 0 Å². The topological polar surface area (TPSA) is 37.3 Å². The van der Waals surface area contributed by atoms with Crippen LogP contribution in [-0.4, -0.2) is 15.9 Å². The first kappa shape index (κ1) is 18.1. The highest BCUT2D eigenvalue weighted by Crippen LogP contribution is 2.60. The normalized spacial score (nSPS) is 32.5. The van der Waals surface area contributed by atoms with Crippen LogP contribution in [-0.2, 0) is 16.6 Å². The zero-order valence-electron chi connectivity index (χ0n) is 14.6. The van der Waals surface area contributed by atoms with Gasteiger partial charge in [0.25, 0.3) is 0 Å². The van der Waals surface area contributed by atoms with E-state index < -0.39 is 16.2 Å². The van der Waals surface area contributed by atoms with Crippen molar-refractivity contribution in [1.82, 2.24) is 0 Å². The Morgan fingerprint density at radius 2 is 2.00 bits per heavy atom. The number of carboxylic acid groups (broad SMARTS) is 1. The van der Waals surface area contributed by atoms with Gasteiger partial charge in [0.15, 0.2) is 0 Å². The number of fused-ring (bicyclic) bond motifs is 3. The number of carboxylic acids is 1. The number of benzene rings is 1. The van der Waals surface area contributed by atoms with Crippen LogP contribution in [0.4, 0.5) is 0 Å². The van der Waals surface area contributed by atoms with Gasteiger partial charge >= 0.3 is 5.97 Å². The highest BCUT2D eigenvalue weighted by molar-refractivity contribution is 6.45. The van der Waals surface area contributed by atoms with E-state index in [9.17, 15) is 9.90 Å². The molecule has 2 aliphatic rings. The van der Waals surface area contributed by atoms with Crippen LogP contribution in [0.1, 0.15) is 69.1 Å². The van der Waals surface area contributed by atoms with Gasteiger partial charge in [-0.15, -0.1) is 23.2 Å². The molecule has 1 saturated carbocycles. The van der Waals surface area contributed by atoms with Crippen LogP contribution >= 0.6 is 23.2 Å². The maximum absolute atomic E-state index is 12.2. The molecule has 1 aromatic rings. The Morgan fingerprint density at radius 1 is 1.29 bits per heavy atom. The number of rotatable bonds is 3. The summed E-state index contributed by atoms with van der Waals surface area (Å²) in [6.07, 6.45) is 4.17. The van der Waals surface area contributed by atoms with Gasteiger partial charge in [-0.1, -0.05) is 45.4 Å². The first-order valence-electron chi connectivity index (χ1n) is 8.88. The zero-order chi connectivity index (χ0) is 17.7. The molecule has 0 bridgehead atoms. The molecule has 0 radical (unpaired) electrons. The predicted molar refractivity (Wildman–Crippen MR) is 99.1 cm³/mol. The summed E-state index contributed by atoms with van der Waals surface area (Å²) < 4.78 is 0. The fourth-order valence-corrected chi connectivity index (χ4v) is 5.92. The molecule has 0 aliphatic heterocycles. The van der Waals surface area contributed by atoms with Crippen LogP contribution < -0.4 is 0 Å². The van der Waals surface area contributed by atoms with Crippen LogP contribution in [0.3, 0.4) is 0 Å². The van der Waals surface area contributed by atoms with Crippen LogP contribution in [0.5, 0.6) is 0 Å². The largest absolute Gasteiger partial charge is 0.481 e. The molecule has 4 heteroatoms. The molecule has 3 rings (SSSR count). The summed E-state index contributed by atoms with van der Waals surface area (Å²) in [4.78, 5) is 11.3. The van der Waals surface area contributed by atoms with Gasteiger partial charge in [-0.2, -0.15) is 0 Å². The second-order valence-electron chi connectivity index (χ2n) is 8.08. The third-order valence-corrected chi connectivity index (χ3v) is 7.36. The van der Waals surface area contributed by atoms with E-state index in [4.69, 9.17) is 23.2 Å². The number of carbonyl (C=O) groups is 1. The molecular formula is C20H26Cl2O2. The molecule has 1 N–H and O–H groups in total. The lowest BCUT2D eigenvalue weighted by Crippen LogP contribution is -2.56. The number of alkyl halides is 2. The van der Waals surface area contributed by atoms with Gasteiger partial charge in [-0.3, -0.25) is 4.79 Å². The average Bonchev–Trinajstić information content (AvgIpc) is 2.52. The average molecular weight is 369 g/mol. The minimum atomic E-state index is -1.04. The molecule has 24 heavy (non-hydrogen) atoms. The maximum atomic E-state index is 12.2. The van der Waals surface area contributed by atoms with Crippen LogP contribution in [0, 0.1) is 11.3 Å². The van der Waals surface area contributed by atoms with Crippen molar-refractivity contribution in [2.75, 3.05) is 0 Å². The molecule has 0 amide bonds. The standard InChI is InChI=1S/C20H26Cl2O2/c1-12(2)13-5-7-15-14(11-13)6-8-16-19(15,3)9-4-10-20(16,17(21)22)18(23)24/h5,7,11-12,16-17H,4,6,8-10H2,1-3H3,(H,23,24)/t16-,19-,20+/m1/s1. The molecule has 3 atom stereocenters. The summed E-state index contributed by atoms with van der Waals surface area (Å²) in [6.45, 7) is 6.63. The molecule has 1 aromatic carbocycles. The Labute approximate surface area is 154 Å². The maximum Gasteiger partial charge on any atom is 0.312 e. The lowest BCUT2D eigenvalue weighted by molar-refractivity contribution is -0.158. The lowest BCUT2D eigenvalue weighted by atomic mass is 9.49. The highest BCUT2D eigenvalue weighted by atomic mass is 35.5. The SMILES string of the molecule is CC(C)c1ccc2c(c1)CC[C@@H]1[C@]2(C)CCC[C@@]1(C(=O)O)C(Cl)Cl.